The highest BCUT2D eigenvalue weighted by molar-refractivity contribution is 6.29. The highest BCUT2D eigenvalue weighted by Crippen LogP contribution is 2.12. The van der Waals surface area contributed by atoms with Gasteiger partial charge in [-0.1, -0.05) is 31.9 Å². The molecule has 0 aliphatic carbocycles. The maximum absolute atomic E-state index is 11.9. The van der Waals surface area contributed by atoms with Gasteiger partial charge in [-0.05, 0) is 25.0 Å². The predicted molar refractivity (Wildman–Crippen MR) is 70.4 cm³/mol. The Morgan fingerprint density at radius 1 is 1.56 bits per heavy atom. The molecule has 0 saturated heterocycles. The number of hydrogen-bond acceptors (Lipinski definition) is 3. The lowest BCUT2D eigenvalue weighted by Crippen LogP contribution is -2.33. The fourth-order valence-corrected chi connectivity index (χ4v) is 1.76. The van der Waals surface area contributed by atoms with Gasteiger partial charge in [0.1, 0.15) is 11.2 Å². The van der Waals surface area contributed by atoms with Crippen molar-refractivity contribution < 1.29 is 4.79 Å². The number of hydrogen-bond donors (Lipinski definition) is 1. The van der Waals surface area contributed by atoms with Crippen molar-refractivity contribution in [3.63, 3.8) is 0 Å². The molecule has 0 fully saturated rings. The van der Waals surface area contributed by atoms with Crippen LogP contribution in [0.15, 0.2) is 12.1 Å². The molecule has 5 heteroatoms. The maximum atomic E-state index is 11.9. The highest BCUT2D eigenvalue weighted by atomic mass is 35.5. The molecule has 0 aliphatic rings. The summed E-state index contributed by atoms with van der Waals surface area (Å²) in [5.74, 6) is -0.287. The zero-order valence-corrected chi connectivity index (χ0v) is 11.3. The van der Waals surface area contributed by atoms with E-state index in [4.69, 9.17) is 16.9 Å². The monoisotopic (exact) mass is 265 g/mol. The minimum atomic E-state index is -0.473. The number of aryl methyl sites for hydroxylation is 1. The Balaban J connectivity index is 2.88. The molecular formula is C13H16ClN3O. The fourth-order valence-electron chi connectivity index (χ4n) is 1.53. The third kappa shape index (κ3) is 4.01. The van der Waals surface area contributed by atoms with Crippen LogP contribution >= 0.6 is 11.6 Å². The number of carbonyl (C=O) groups is 1. The number of amides is 1. The molecule has 0 saturated carbocycles. The van der Waals surface area contributed by atoms with Crippen LogP contribution in [0.3, 0.4) is 0 Å². The van der Waals surface area contributed by atoms with E-state index in [1.165, 1.54) is 6.07 Å². The first kappa shape index (κ1) is 14.5. The van der Waals surface area contributed by atoms with E-state index in [0.29, 0.717) is 17.1 Å². The smallest absolute Gasteiger partial charge is 0.252 e. The minimum Gasteiger partial charge on any atom is -0.336 e. The highest BCUT2D eigenvalue weighted by Gasteiger charge is 2.13. The van der Waals surface area contributed by atoms with E-state index < -0.39 is 6.04 Å². The average molecular weight is 266 g/mol. The van der Waals surface area contributed by atoms with Gasteiger partial charge in [-0.3, -0.25) is 4.79 Å². The molecule has 0 radical (unpaired) electrons. The molecule has 1 amide bonds. The van der Waals surface area contributed by atoms with Crippen molar-refractivity contribution >= 4 is 17.5 Å². The van der Waals surface area contributed by atoms with E-state index in [9.17, 15) is 4.79 Å². The summed E-state index contributed by atoms with van der Waals surface area (Å²) < 4.78 is 0. The van der Waals surface area contributed by atoms with Crippen molar-refractivity contribution in [3.8, 4) is 6.07 Å². The molecule has 4 nitrogen and oxygen atoms in total. The van der Waals surface area contributed by atoms with Crippen molar-refractivity contribution in [2.24, 2.45) is 0 Å². The Kier molecular flexibility index (Phi) is 5.60. The first-order valence-electron chi connectivity index (χ1n) is 5.97. The van der Waals surface area contributed by atoms with E-state index in [1.54, 1.807) is 6.07 Å². The summed E-state index contributed by atoms with van der Waals surface area (Å²) in [4.78, 5) is 16.1. The molecule has 1 unspecified atom stereocenters. The lowest BCUT2D eigenvalue weighted by molar-refractivity contribution is 0.0944. The van der Waals surface area contributed by atoms with Gasteiger partial charge >= 0.3 is 0 Å². The Morgan fingerprint density at radius 3 is 2.83 bits per heavy atom. The maximum Gasteiger partial charge on any atom is 0.252 e. The van der Waals surface area contributed by atoms with Crippen LogP contribution in [-0.2, 0) is 6.42 Å². The molecule has 96 valence electrons. The second kappa shape index (κ2) is 6.97. The van der Waals surface area contributed by atoms with Gasteiger partial charge in [0, 0.05) is 11.3 Å². The summed E-state index contributed by atoms with van der Waals surface area (Å²) in [7, 11) is 0. The molecule has 0 aromatic carbocycles. The van der Waals surface area contributed by atoms with Crippen LogP contribution in [0.25, 0.3) is 0 Å². The number of nitrogens with one attached hydrogen (secondary N) is 1. The lowest BCUT2D eigenvalue weighted by Gasteiger charge is -2.10. The van der Waals surface area contributed by atoms with Crippen molar-refractivity contribution in [2.75, 3.05) is 0 Å². The lowest BCUT2D eigenvalue weighted by atomic mass is 10.1. The van der Waals surface area contributed by atoms with Crippen LogP contribution in [0, 0.1) is 11.3 Å². The summed E-state index contributed by atoms with van der Waals surface area (Å²) in [6.07, 6.45) is 2.28. The van der Waals surface area contributed by atoms with Gasteiger partial charge in [-0.2, -0.15) is 5.26 Å². The molecule has 1 aromatic rings. The van der Waals surface area contributed by atoms with Crippen LogP contribution < -0.4 is 5.32 Å². The number of pyridine rings is 1. The quantitative estimate of drug-likeness (QED) is 0.833. The number of carbonyl (C=O) groups excluding carboxylic acids is 1. The summed E-state index contributed by atoms with van der Waals surface area (Å²) in [5.41, 5.74) is 1.24. The van der Waals surface area contributed by atoms with Crippen LogP contribution in [0.5, 0.6) is 0 Å². The van der Waals surface area contributed by atoms with Gasteiger partial charge in [0.05, 0.1) is 6.07 Å². The number of halogens is 1. The molecule has 0 spiro atoms. The van der Waals surface area contributed by atoms with E-state index >= 15 is 0 Å². The Bertz CT molecular complexity index is 468. The van der Waals surface area contributed by atoms with Gasteiger partial charge in [0.2, 0.25) is 0 Å². The van der Waals surface area contributed by atoms with Gasteiger partial charge in [-0.15, -0.1) is 0 Å². The van der Waals surface area contributed by atoms with Gasteiger partial charge in [0.15, 0.2) is 0 Å². The van der Waals surface area contributed by atoms with E-state index in [0.717, 1.165) is 18.5 Å². The van der Waals surface area contributed by atoms with Crippen LogP contribution in [0.1, 0.15) is 42.7 Å². The first-order chi connectivity index (χ1) is 8.60. The molecule has 1 heterocycles. The van der Waals surface area contributed by atoms with E-state index in [2.05, 4.69) is 10.3 Å². The Hall–Kier alpha value is -1.60. The van der Waals surface area contributed by atoms with Crippen LogP contribution in [0.2, 0.25) is 5.15 Å². The average Bonchev–Trinajstić information content (AvgIpc) is 2.35. The molecule has 0 aliphatic heterocycles. The number of nitriles is 1. The second-order valence-electron chi connectivity index (χ2n) is 3.98. The van der Waals surface area contributed by atoms with E-state index in [-0.39, 0.29) is 5.91 Å². The summed E-state index contributed by atoms with van der Waals surface area (Å²) in [6, 6.07) is 4.78. The third-order valence-corrected chi connectivity index (χ3v) is 2.68. The SMILES string of the molecule is CCCc1cc(C(=O)NC(C#N)CC)cc(Cl)n1. The van der Waals surface area contributed by atoms with Crippen LogP contribution in [-0.4, -0.2) is 16.9 Å². The van der Waals surface area contributed by atoms with Gasteiger partial charge in [0.25, 0.3) is 5.91 Å². The summed E-state index contributed by atoms with van der Waals surface area (Å²) in [5, 5.41) is 11.8. The number of nitrogens with zero attached hydrogens (tertiary/aromatic N) is 2. The largest absolute Gasteiger partial charge is 0.336 e. The fraction of sp³-hybridized carbons (Fsp3) is 0.462. The van der Waals surface area contributed by atoms with Crippen molar-refractivity contribution in [1.29, 1.82) is 5.26 Å². The molecule has 0 bridgehead atoms. The topological polar surface area (TPSA) is 65.8 Å². The zero-order valence-electron chi connectivity index (χ0n) is 10.5. The van der Waals surface area contributed by atoms with Crippen LogP contribution in [0.4, 0.5) is 0 Å². The number of rotatable bonds is 5. The normalized spacial score (nSPS) is 11.7. The molecule has 1 aromatic heterocycles. The standard InChI is InChI=1S/C13H16ClN3O/c1-3-5-11-6-9(7-12(14)16-11)13(18)17-10(4-2)8-15/h6-7,10H,3-5H2,1-2H3,(H,17,18). The predicted octanol–water partition coefficient (Wildman–Crippen LogP) is 2.72. The summed E-state index contributed by atoms with van der Waals surface area (Å²) >= 11 is 5.88. The third-order valence-electron chi connectivity index (χ3n) is 2.48. The van der Waals surface area contributed by atoms with Crippen molar-refractivity contribution in [1.82, 2.24) is 10.3 Å². The summed E-state index contributed by atoms with van der Waals surface area (Å²) in [6.45, 7) is 3.88. The second-order valence-corrected chi connectivity index (χ2v) is 4.37. The first-order valence-corrected chi connectivity index (χ1v) is 6.35. The minimum absolute atomic E-state index is 0.287. The molecule has 1 rings (SSSR count). The molecule has 1 N–H and O–H groups in total. The van der Waals surface area contributed by atoms with Crippen molar-refractivity contribution in [2.45, 2.75) is 39.2 Å². The van der Waals surface area contributed by atoms with E-state index in [1.807, 2.05) is 19.9 Å². The Labute approximate surface area is 112 Å². The van der Waals surface area contributed by atoms with Gasteiger partial charge in [-0.25, -0.2) is 4.98 Å². The molecule has 18 heavy (non-hydrogen) atoms. The van der Waals surface area contributed by atoms with Crippen molar-refractivity contribution in [3.05, 3.63) is 28.5 Å². The van der Waals surface area contributed by atoms with Gasteiger partial charge < -0.3 is 5.32 Å². The molecular weight excluding hydrogens is 250 g/mol. The number of aromatic nitrogens is 1. The Morgan fingerprint density at radius 2 is 2.28 bits per heavy atom. The molecule has 1 atom stereocenters. The zero-order chi connectivity index (χ0) is 13.5.